The zero-order valence-corrected chi connectivity index (χ0v) is 11.4. The van der Waals surface area contributed by atoms with Crippen LogP contribution in [0.2, 0.25) is 5.02 Å². The predicted molar refractivity (Wildman–Crippen MR) is 71.2 cm³/mol. The minimum absolute atomic E-state index is 0. The Morgan fingerprint density at radius 2 is 1.95 bits per heavy atom. The summed E-state index contributed by atoms with van der Waals surface area (Å²) in [5.41, 5.74) is 4.83. The Hall–Kier alpha value is -1.11. The van der Waals surface area contributed by atoms with Gasteiger partial charge in [-0.2, -0.15) is 0 Å². The van der Waals surface area contributed by atoms with E-state index < -0.39 is 24.9 Å². The molecule has 0 fully saturated rings. The summed E-state index contributed by atoms with van der Waals surface area (Å²) < 4.78 is 30.5. The second-order valence-electron chi connectivity index (χ2n) is 3.58. The van der Waals surface area contributed by atoms with E-state index in [0.717, 1.165) is 0 Å². The maximum absolute atomic E-state index is 12.7. The van der Waals surface area contributed by atoms with Crippen molar-refractivity contribution >= 4 is 29.9 Å². The molecule has 3 N–H and O–H groups in total. The van der Waals surface area contributed by atoms with Gasteiger partial charge in [-0.05, 0) is 24.3 Å². The Balaban J connectivity index is 0.00000324. The third kappa shape index (κ3) is 7.15. The van der Waals surface area contributed by atoms with Gasteiger partial charge in [0, 0.05) is 5.02 Å². The van der Waals surface area contributed by atoms with Gasteiger partial charge in [-0.15, -0.1) is 12.4 Å². The summed E-state index contributed by atoms with van der Waals surface area (Å²) in [5, 5.41) is 2.57. The normalized spacial score (nSPS) is 10.5. The van der Waals surface area contributed by atoms with E-state index in [1.807, 2.05) is 5.32 Å². The number of benzene rings is 1. The standard InChI is InChI=1S/C11H13ClF2N2O2.ClH/c12-8-1-3-9(4-2-8)18-5-10(17)16-7-11(13,14)6-15;/h1-4H,5-7,15H2,(H,16,17);1H. The monoisotopic (exact) mass is 314 g/mol. The van der Waals surface area contributed by atoms with Gasteiger partial charge in [-0.25, -0.2) is 8.78 Å². The molecular formula is C11H14Cl2F2N2O2. The van der Waals surface area contributed by atoms with Crippen LogP contribution in [0.25, 0.3) is 0 Å². The molecule has 4 nitrogen and oxygen atoms in total. The zero-order valence-electron chi connectivity index (χ0n) is 9.87. The number of hydrogen-bond acceptors (Lipinski definition) is 3. The van der Waals surface area contributed by atoms with Crippen LogP contribution in [-0.4, -0.2) is 31.5 Å². The van der Waals surface area contributed by atoms with Crippen LogP contribution >= 0.6 is 24.0 Å². The van der Waals surface area contributed by atoms with Crippen LogP contribution in [0.1, 0.15) is 0 Å². The SMILES string of the molecule is Cl.NCC(F)(F)CNC(=O)COc1ccc(Cl)cc1. The predicted octanol–water partition coefficient (Wildman–Crippen LogP) is 1.85. The molecule has 1 rings (SSSR count). The largest absolute Gasteiger partial charge is 0.484 e. The molecule has 0 aliphatic rings. The summed E-state index contributed by atoms with van der Waals surface area (Å²) in [6.45, 7) is -1.96. The van der Waals surface area contributed by atoms with E-state index in [1.165, 1.54) is 0 Å². The molecule has 0 aromatic heterocycles. The molecule has 0 aliphatic carbocycles. The Kier molecular flexibility index (Phi) is 7.66. The average molecular weight is 315 g/mol. The molecule has 1 aromatic rings. The smallest absolute Gasteiger partial charge is 0.277 e. The van der Waals surface area contributed by atoms with E-state index in [1.54, 1.807) is 24.3 Å². The average Bonchev–Trinajstić information content (AvgIpc) is 2.36. The maximum atomic E-state index is 12.7. The van der Waals surface area contributed by atoms with Gasteiger partial charge in [0.15, 0.2) is 6.61 Å². The number of ether oxygens (including phenoxy) is 1. The zero-order chi connectivity index (χ0) is 13.6. The maximum Gasteiger partial charge on any atom is 0.277 e. The van der Waals surface area contributed by atoms with E-state index in [-0.39, 0.29) is 19.0 Å². The lowest BCUT2D eigenvalue weighted by Gasteiger charge is -2.14. The molecule has 8 heteroatoms. The van der Waals surface area contributed by atoms with Gasteiger partial charge in [-0.3, -0.25) is 4.79 Å². The molecule has 108 valence electrons. The van der Waals surface area contributed by atoms with E-state index >= 15 is 0 Å². The van der Waals surface area contributed by atoms with Crippen molar-refractivity contribution in [3.63, 3.8) is 0 Å². The molecular weight excluding hydrogens is 301 g/mol. The summed E-state index contributed by atoms with van der Waals surface area (Å²) >= 11 is 5.66. The fourth-order valence-corrected chi connectivity index (χ4v) is 1.16. The first-order valence-corrected chi connectivity index (χ1v) is 5.54. The van der Waals surface area contributed by atoms with Gasteiger partial charge >= 0.3 is 0 Å². The lowest BCUT2D eigenvalue weighted by atomic mass is 10.3. The highest BCUT2D eigenvalue weighted by atomic mass is 35.5. The fourth-order valence-electron chi connectivity index (χ4n) is 1.03. The molecule has 0 spiro atoms. The highest BCUT2D eigenvalue weighted by Crippen LogP contribution is 2.15. The van der Waals surface area contributed by atoms with Crippen LogP contribution in [0.5, 0.6) is 5.75 Å². The second-order valence-corrected chi connectivity index (χ2v) is 4.02. The second kappa shape index (κ2) is 8.14. The van der Waals surface area contributed by atoms with Gasteiger partial charge in [0.25, 0.3) is 11.8 Å². The van der Waals surface area contributed by atoms with Gasteiger partial charge < -0.3 is 15.8 Å². The molecule has 0 bridgehead atoms. The number of hydrogen-bond donors (Lipinski definition) is 2. The first kappa shape index (κ1) is 17.9. The molecule has 1 aromatic carbocycles. The molecule has 0 radical (unpaired) electrons. The topological polar surface area (TPSA) is 64.3 Å². The molecule has 0 unspecified atom stereocenters. The van der Waals surface area contributed by atoms with Crippen molar-refractivity contribution in [2.24, 2.45) is 5.73 Å². The molecule has 0 aliphatic heterocycles. The van der Waals surface area contributed by atoms with Crippen LogP contribution < -0.4 is 15.8 Å². The van der Waals surface area contributed by atoms with Crippen molar-refractivity contribution in [1.82, 2.24) is 5.32 Å². The molecule has 0 atom stereocenters. The van der Waals surface area contributed by atoms with Crippen molar-refractivity contribution in [3.8, 4) is 5.75 Å². The lowest BCUT2D eigenvalue weighted by Crippen LogP contribution is -2.42. The van der Waals surface area contributed by atoms with E-state index in [0.29, 0.717) is 10.8 Å². The van der Waals surface area contributed by atoms with Gasteiger partial charge in [0.1, 0.15) is 5.75 Å². The molecule has 0 saturated carbocycles. The third-order valence-corrected chi connectivity index (χ3v) is 2.28. The Morgan fingerprint density at radius 3 is 2.47 bits per heavy atom. The number of halogens is 4. The van der Waals surface area contributed by atoms with Crippen molar-refractivity contribution in [2.45, 2.75) is 5.92 Å². The number of nitrogens with two attached hydrogens (primary N) is 1. The van der Waals surface area contributed by atoms with E-state index in [9.17, 15) is 13.6 Å². The molecule has 0 heterocycles. The van der Waals surface area contributed by atoms with Crippen LogP contribution in [0.3, 0.4) is 0 Å². The summed E-state index contributed by atoms with van der Waals surface area (Å²) in [7, 11) is 0. The first-order valence-electron chi connectivity index (χ1n) is 5.16. The highest BCUT2D eigenvalue weighted by molar-refractivity contribution is 6.30. The summed E-state index contributed by atoms with van der Waals surface area (Å²) in [6.07, 6.45) is 0. The summed E-state index contributed by atoms with van der Waals surface area (Å²) in [6, 6.07) is 6.34. The number of carbonyl (C=O) groups is 1. The van der Waals surface area contributed by atoms with Crippen LogP contribution in [0.15, 0.2) is 24.3 Å². The van der Waals surface area contributed by atoms with Crippen molar-refractivity contribution in [3.05, 3.63) is 29.3 Å². The quantitative estimate of drug-likeness (QED) is 0.842. The molecule has 1 amide bonds. The van der Waals surface area contributed by atoms with Crippen LogP contribution in [0.4, 0.5) is 8.78 Å². The summed E-state index contributed by atoms with van der Waals surface area (Å²) in [4.78, 5) is 11.2. The number of carbonyl (C=O) groups excluding carboxylic acids is 1. The van der Waals surface area contributed by atoms with E-state index in [4.69, 9.17) is 22.1 Å². The molecule has 19 heavy (non-hydrogen) atoms. The molecule has 0 saturated heterocycles. The Bertz CT molecular complexity index is 402. The van der Waals surface area contributed by atoms with Crippen molar-refractivity contribution < 1.29 is 18.3 Å². The third-order valence-electron chi connectivity index (χ3n) is 2.03. The van der Waals surface area contributed by atoms with Crippen LogP contribution in [0, 0.1) is 0 Å². The minimum atomic E-state index is -3.10. The highest BCUT2D eigenvalue weighted by Gasteiger charge is 2.27. The number of alkyl halides is 2. The summed E-state index contributed by atoms with van der Waals surface area (Å²) in [5.74, 6) is -3.31. The number of rotatable bonds is 6. The van der Waals surface area contributed by atoms with Gasteiger partial charge in [-0.1, -0.05) is 11.6 Å². The number of amides is 1. The number of nitrogens with one attached hydrogen (secondary N) is 1. The Morgan fingerprint density at radius 1 is 1.37 bits per heavy atom. The van der Waals surface area contributed by atoms with Crippen molar-refractivity contribution in [2.75, 3.05) is 19.7 Å². The fraction of sp³-hybridized carbons (Fsp3) is 0.364. The minimum Gasteiger partial charge on any atom is -0.484 e. The van der Waals surface area contributed by atoms with Gasteiger partial charge in [0.05, 0.1) is 13.1 Å². The Labute approximate surface area is 120 Å². The van der Waals surface area contributed by atoms with E-state index in [2.05, 4.69) is 0 Å². The van der Waals surface area contributed by atoms with Crippen molar-refractivity contribution in [1.29, 1.82) is 0 Å². The van der Waals surface area contributed by atoms with Crippen LogP contribution in [-0.2, 0) is 4.79 Å². The lowest BCUT2D eigenvalue weighted by molar-refractivity contribution is -0.124. The first-order chi connectivity index (χ1) is 8.43. The van der Waals surface area contributed by atoms with Gasteiger partial charge in [0.2, 0.25) is 0 Å².